The van der Waals surface area contributed by atoms with Crippen molar-refractivity contribution >= 4 is 50.6 Å². The van der Waals surface area contributed by atoms with Crippen LogP contribution in [0.5, 0.6) is 5.75 Å². The maximum Gasteiger partial charge on any atom is 0.355 e. The molecule has 2 aliphatic rings. The van der Waals surface area contributed by atoms with Gasteiger partial charge in [0.25, 0.3) is 10.1 Å². The molecular weight excluding hydrogens is 645 g/mol. The zero-order valence-electron chi connectivity index (χ0n) is 21.8. The van der Waals surface area contributed by atoms with E-state index in [1.165, 1.54) is 17.1 Å². The number of nitrogens with zero attached hydrogens (tertiary/aromatic N) is 1. The zero-order valence-corrected chi connectivity index (χ0v) is 24.7. The van der Waals surface area contributed by atoms with Gasteiger partial charge in [-0.1, -0.05) is 38.6 Å². The van der Waals surface area contributed by atoms with Crippen LogP contribution in [0, 0.1) is 21.3 Å². The van der Waals surface area contributed by atoms with Gasteiger partial charge in [-0.15, -0.1) is 6.58 Å². The number of esters is 1. The molecule has 13 heteroatoms. The van der Waals surface area contributed by atoms with Gasteiger partial charge in [-0.25, -0.2) is 9.59 Å². The fourth-order valence-electron chi connectivity index (χ4n) is 4.49. The summed E-state index contributed by atoms with van der Waals surface area (Å²) in [7, 11) is -3.63. The van der Waals surface area contributed by atoms with Crippen LogP contribution < -0.4 is 4.74 Å². The van der Waals surface area contributed by atoms with Gasteiger partial charge < -0.3 is 14.4 Å². The Balaban J connectivity index is 1.84. The third-order valence-electron chi connectivity index (χ3n) is 6.38. The first-order chi connectivity index (χ1) is 18.4. The Hall–Kier alpha value is -2.75. The lowest BCUT2D eigenvalue weighted by molar-refractivity contribution is -0.271. The predicted octanol–water partition coefficient (Wildman–Crippen LogP) is 2.90. The first-order valence-corrected chi connectivity index (χ1v) is 14.8. The van der Waals surface area contributed by atoms with Crippen LogP contribution in [-0.4, -0.2) is 63.3 Å². The highest BCUT2D eigenvalue weighted by Gasteiger charge is 2.61. The minimum Gasteiger partial charge on any atom is -0.488 e. The Labute approximate surface area is 240 Å². The fraction of sp³-hybridized carbons (Fsp3) is 0.423. The molecule has 2 heterocycles. The van der Waals surface area contributed by atoms with Crippen molar-refractivity contribution in [1.82, 2.24) is 4.90 Å². The molecule has 212 valence electrons. The van der Waals surface area contributed by atoms with Gasteiger partial charge in [0.2, 0.25) is 5.91 Å². The molecule has 4 atom stereocenters. The Morgan fingerprint density at radius 1 is 1.18 bits per heavy atom. The average Bonchev–Trinajstić information content (AvgIpc) is 3.13. The molecule has 0 spiro atoms. The molecule has 2 aliphatic heterocycles. The molecule has 1 aromatic rings. The number of carbonyl (C=O) groups excluding carboxylic acids is 3. The quantitative estimate of drug-likeness (QED) is 0.0424. The van der Waals surface area contributed by atoms with Crippen LogP contribution in [0.3, 0.4) is 0 Å². The van der Waals surface area contributed by atoms with Gasteiger partial charge in [0.05, 0.1) is 34.3 Å². The average molecular weight is 675 g/mol. The van der Waals surface area contributed by atoms with E-state index in [9.17, 15) is 22.8 Å². The molecule has 3 unspecified atom stereocenters. The van der Waals surface area contributed by atoms with Gasteiger partial charge in [0, 0.05) is 11.5 Å². The number of rotatable bonds is 14. The van der Waals surface area contributed by atoms with Crippen molar-refractivity contribution in [2.24, 2.45) is 17.8 Å². The van der Waals surface area contributed by atoms with E-state index in [0.29, 0.717) is 16.9 Å². The van der Waals surface area contributed by atoms with Crippen molar-refractivity contribution in [1.29, 1.82) is 0 Å². The molecule has 0 aromatic heterocycles. The maximum atomic E-state index is 13.2. The van der Waals surface area contributed by atoms with Crippen molar-refractivity contribution in [2.45, 2.75) is 26.5 Å². The second-order valence-electron chi connectivity index (χ2n) is 9.06. The van der Waals surface area contributed by atoms with E-state index in [1.54, 1.807) is 25.1 Å². The Kier molecular flexibility index (Phi) is 10.3. The van der Waals surface area contributed by atoms with Crippen LogP contribution in [0.25, 0.3) is 0 Å². The maximum absolute atomic E-state index is 13.2. The minimum atomic E-state index is -3.63. The van der Waals surface area contributed by atoms with E-state index in [-0.39, 0.29) is 38.0 Å². The third-order valence-corrected chi connectivity index (χ3v) is 7.81. The summed E-state index contributed by atoms with van der Waals surface area (Å²) in [6, 6.07) is 4.62. The SMILES string of the molecule is C=CCOOC(=O)C(C)C1C(=O)N2C(C(=O)OCC=C)=C(COc3cc(COS(C)(=O)=O)ccc3I)[C@H](C)C12. The molecule has 0 N–H and O–H groups in total. The molecule has 3 rings (SSSR count). The van der Waals surface area contributed by atoms with Crippen LogP contribution in [-0.2, 0) is 49.8 Å². The number of fused-ring (bicyclic) bond motifs is 1. The van der Waals surface area contributed by atoms with Gasteiger partial charge in [0.1, 0.15) is 31.3 Å². The lowest BCUT2D eigenvalue weighted by Gasteiger charge is -2.47. The normalized spacial score (nSPS) is 21.1. The number of amides is 1. The van der Waals surface area contributed by atoms with E-state index >= 15 is 0 Å². The molecule has 0 aliphatic carbocycles. The number of halogens is 1. The highest BCUT2D eigenvalue weighted by atomic mass is 127. The summed E-state index contributed by atoms with van der Waals surface area (Å²) in [5, 5.41) is 0. The Morgan fingerprint density at radius 3 is 2.51 bits per heavy atom. The van der Waals surface area contributed by atoms with Gasteiger partial charge in [-0.2, -0.15) is 13.3 Å². The van der Waals surface area contributed by atoms with Gasteiger partial charge in [0.15, 0.2) is 0 Å². The Morgan fingerprint density at radius 2 is 1.87 bits per heavy atom. The topological polar surface area (TPSA) is 135 Å². The summed E-state index contributed by atoms with van der Waals surface area (Å²) >= 11 is 2.07. The number of β-lactam (4-membered cyclic amide) rings is 1. The summed E-state index contributed by atoms with van der Waals surface area (Å²) in [5.74, 6) is -3.29. The highest BCUT2D eigenvalue weighted by Crippen LogP contribution is 2.49. The predicted molar refractivity (Wildman–Crippen MR) is 147 cm³/mol. The van der Waals surface area contributed by atoms with Crippen molar-refractivity contribution in [3.63, 3.8) is 0 Å². The molecule has 0 saturated carbocycles. The monoisotopic (exact) mass is 675 g/mol. The molecule has 1 saturated heterocycles. The van der Waals surface area contributed by atoms with E-state index in [1.807, 2.05) is 6.92 Å². The number of ether oxygens (including phenoxy) is 2. The smallest absolute Gasteiger partial charge is 0.355 e. The number of hydrogen-bond acceptors (Lipinski definition) is 10. The lowest BCUT2D eigenvalue weighted by Crippen LogP contribution is -2.63. The summed E-state index contributed by atoms with van der Waals surface area (Å²) in [6.45, 7) is 10.2. The number of carbonyl (C=O) groups is 3. The van der Waals surface area contributed by atoms with Crippen molar-refractivity contribution in [3.05, 3.63) is 63.9 Å². The molecule has 39 heavy (non-hydrogen) atoms. The number of benzene rings is 1. The molecular formula is C26H30INO10S. The first-order valence-electron chi connectivity index (χ1n) is 11.9. The van der Waals surface area contributed by atoms with Gasteiger partial charge >= 0.3 is 11.9 Å². The molecule has 1 aromatic carbocycles. The van der Waals surface area contributed by atoms with Crippen LogP contribution in [0.4, 0.5) is 0 Å². The van der Waals surface area contributed by atoms with Gasteiger partial charge in [-0.3, -0.25) is 13.9 Å². The van der Waals surface area contributed by atoms with Crippen molar-refractivity contribution < 1.29 is 46.2 Å². The molecule has 0 bridgehead atoms. The summed E-state index contributed by atoms with van der Waals surface area (Å²) in [4.78, 5) is 49.6. The second kappa shape index (κ2) is 13.1. The summed E-state index contributed by atoms with van der Waals surface area (Å²) in [6.07, 6.45) is 3.80. The van der Waals surface area contributed by atoms with Crippen molar-refractivity contribution in [3.8, 4) is 5.75 Å². The molecule has 0 radical (unpaired) electrons. The van der Waals surface area contributed by atoms with Gasteiger partial charge in [-0.05, 0) is 40.3 Å². The first kappa shape index (κ1) is 30.8. The van der Waals surface area contributed by atoms with Crippen LogP contribution >= 0.6 is 22.6 Å². The summed E-state index contributed by atoms with van der Waals surface area (Å²) < 4.78 is 39.6. The lowest BCUT2D eigenvalue weighted by atomic mass is 9.74. The van der Waals surface area contributed by atoms with E-state index in [0.717, 1.165) is 9.83 Å². The number of hydrogen-bond donors (Lipinski definition) is 0. The second-order valence-corrected chi connectivity index (χ2v) is 11.9. The van der Waals surface area contributed by atoms with Crippen LogP contribution in [0.1, 0.15) is 19.4 Å². The summed E-state index contributed by atoms with van der Waals surface area (Å²) in [5.41, 5.74) is 1.17. The standard InChI is InChI=1S/C26H30INO10S/c1-6-10-34-26(31)23-18(14-35-20-12-17(8-9-19(20)27)13-37-39(5,32)33)15(3)22-21(24(29)28(22)23)16(4)25(30)38-36-11-7-2/h6-9,12,15-16,21-22H,1-2,10-11,13-14H2,3-5H3/t15-,16?,21?,22?/m0/s1. The van der Waals surface area contributed by atoms with Crippen molar-refractivity contribution in [2.75, 3.05) is 26.1 Å². The van der Waals surface area contributed by atoms with Crippen LogP contribution in [0.2, 0.25) is 0 Å². The molecule has 1 fully saturated rings. The minimum absolute atomic E-state index is 0.00570. The highest BCUT2D eigenvalue weighted by molar-refractivity contribution is 14.1. The molecule has 1 amide bonds. The third kappa shape index (κ3) is 7.07. The largest absolute Gasteiger partial charge is 0.488 e. The fourth-order valence-corrected chi connectivity index (χ4v) is 5.33. The van der Waals surface area contributed by atoms with E-state index in [4.69, 9.17) is 23.4 Å². The zero-order chi connectivity index (χ0) is 28.9. The van der Waals surface area contributed by atoms with Crippen LogP contribution in [0.15, 0.2) is 54.8 Å². The van der Waals surface area contributed by atoms with E-state index < -0.39 is 45.8 Å². The van der Waals surface area contributed by atoms with E-state index in [2.05, 4.69) is 35.7 Å². The molecule has 11 nitrogen and oxygen atoms in total. The Bertz CT molecular complexity index is 1290.